The van der Waals surface area contributed by atoms with E-state index >= 15 is 0 Å². The van der Waals surface area contributed by atoms with Gasteiger partial charge >= 0.3 is 0 Å². The highest BCUT2D eigenvalue weighted by atomic mass is 16.5. The van der Waals surface area contributed by atoms with Gasteiger partial charge < -0.3 is 15.4 Å². The van der Waals surface area contributed by atoms with Gasteiger partial charge in [0.05, 0.1) is 19.0 Å². The number of hydrogen-bond acceptors (Lipinski definition) is 4. The lowest BCUT2D eigenvalue weighted by Gasteiger charge is -2.38. The molecule has 2 heterocycles. The van der Waals surface area contributed by atoms with Crippen LogP contribution in [0.2, 0.25) is 0 Å². The lowest BCUT2D eigenvalue weighted by Crippen LogP contribution is -2.42. The Morgan fingerprint density at radius 1 is 1.56 bits per heavy atom. The number of pyridine rings is 1. The molecule has 0 radical (unpaired) electrons. The topological polar surface area (TPSA) is 51.4 Å². The number of nitrogens with zero attached hydrogens (tertiary/aromatic N) is 2. The van der Waals surface area contributed by atoms with Crippen molar-refractivity contribution in [3.63, 3.8) is 0 Å². The molecule has 4 heteroatoms. The second-order valence-corrected chi connectivity index (χ2v) is 5.21. The standard InChI is InChI=1S/C14H23N3O/c1-10-4-5-17(9-12(10)7-15)13-6-11(2)16-8-14(13)18-3/h6,8,10,12H,4-5,7,9,15H2,1-3H3. The molecule has 0 saturated carbocycles. The molecule has 4 nitrogen and oxygen atoms in total. The Hall–Kier alpha value is -1.29. The fourth-order valence-corrected chi connectivity index (χ4v) is 2.61. The molecule has 1 fully saturated rings. The number of anilines is 1. The third-order valence-electron chi connectivity index (χ3n) is 3.96. The molecule has 100 valence electrons. The monoisotopic (exact) mass is 249 g/mol. The van der Waals surface area contributed by atoms with Gasteiger partial charge in [-0.1, -0.05) is 6.92 Å². The molecule has 1 aliphatic rings. The van der Waals surface area contributed by atoms with Gasteiger partial charge in [0, 0.05) is 18.8 Å². The zero-order valence-electron chi connectivity index (χ0n) is 11.5. The summed E-state index contributed by atoms with van der Waals surface area (Å²) < 4.78 is 5.41. The molecule has 2 N–H and O–H groups in total. The zero-order chi connectivity index (χ0) is 13.1. The first-order chi connectivity index (χ1) is 8.65. The minimum absolute atomic E-state index is 0.567. The molecule has 0 aromatic carbocycles. The maximum Gasteiger partial charge on any atom is 0.160 e. The van der Waals surface area contributed by atoms with Crippen LogP contribution in [0.3, 0.4) is 0 Å². The van der Waals surface area contributed by atoms with Gasteiger partial charge in [-0.2, -0.15) is 0 Å². The quantitative estimate of drug-likeness (QED) is 0.888. The summed E-state index contributed by atoms with van der Waals surface area (Å²) in [6.07, 6.45) is 2.99. The fraction of sp³-hybridized carbons (Fsp3) is 0.643. The van der Waals surface area contributed by atoms with E-state index in [-0.39, 0.29) is 0 Å². The summed E-state index contributed by atoms with van der Waals surface area (Å²) in [5.74, 6) is 2.13. The van der Waals surface area contributed by atoms with E-state index < -0.39 is 0 Å². The predicted molar refractivity (Wildman–Crippen MR) is 74.1 cm³/mol. The third-order valence-corrected chi connectivity index (χ3v) is 3.96. The zero-order valence-corrected chi connectivity index (χ0v) is 11.5. The van der Waals surface area contributed by atoms with Crippen molar-refractivity contribution in [3.05, 3.63) is 18.0 Å². The maximum atomic E-state index is 5.86. The van der Waals surface area contributed by atoms with Crippen LogP contribution in [0.25, 0.3) is 0 Å². The molecule has 2 rings (SSSR count). The summed E-state index contributed by atoms with van der Waals surface area (Å²) in [4.78, 5) is 6.66. The average Bonchev–Trinajstić information content (AvgIpc) is 2.39. The first-order valence-corrected chi connectivity index (χ1v) is 6.61. The molecular weight excluding hydrogens is 226 g/mol. The number of aromatic nitrogens is 1. The van der Waals surface area contributed by atoms with E-state index in [2.05, 4.69) is 22.9 Å². The number of aryl methyl sites for hydroxylation is 1. The van der Waals surface area contributed by atoms with Crippen LogP contribution >= 0.6 is 0 Å². The molecule has 0 aliphatic carbocycles. The molecule has 1 aromatic rings. The molecule has 0 spiro atoms. The van der Waals surface area contributed by atoms with Crippen molar-refractivity contribution >= 4 is 5.69 Å². The molecule has 1 saturated heterocycles. The lowest BCUT2D eigenvalue weighted by molar-refractivity contribution is 0.305. The Bertz CT molecular complexity index is 408. The fourth-order valence-electron chi connectivity index (χ4n) is 2.61. The van der Waals surface area contributed by atoms with E-state index in [9.17, 15) is 0 Å². The van der Waals surface area contributed by atoms with Crippen LogP contribution < -0.4 is 15.4 Å². The van der Waals surface area contributed by atoms with Crippen LogP contribution in [0.15, 0.2) is 12.3 Å². The van der Waals surface area contributed by atoms with Crippen molar-refractivity contribution < 1.29 is 4.74 Å². The number of methoxy groups -OCH3 is 1. The van der Waals surface area contributed by atoms with Crippen LogP contribution in [0.4, 0.5) is 5.69 Å². The Labute approximate surface area is 109 Å². The molecule has 0 bridgehead atoms. The van der Waals surface area contributed by atoms with Gasteiger partial charge in [-0.05, 0) is 37.8 Å². The van der Waals surface area contributed by atoms with Crippen molar-refractivity contribution in [3.8, 4) is 5.75 Å². The van der Waals surface area contributed by atoms with Crippen molar-refractivity contribution in [2.24, 2.45) is 17.6 Å². The second kappa shape index (κ2) is 5.57. The van der Waals surface area contributed by atoms with Crippen LogP contribution in [-0.2, 0) is 0 Å². The first kappa shape index (κ1) is 13.1. The maximum absolute atomic E-state index is 5.86. The van der Waals surface area contributed by atoms with Crippen LogP contribution in [0.5, 0.6) is 5.75 Å². The number of ether oxygens (including phenoxy) is 1. The first-order valence-electron chi connectivity index (χ1n) is 6.61. The van der Waals surface area contributed by atoms with Crippen LogP contribution in [0.1, 0.15) is 19.0 Å². The molecule has 2 unspecified atom stereocenters. The van der Waals surface area contributed by atoms with Gasteiger partial charge in [-0.25, -0.2) is 0 Å². The second-order valence-electron chi connectivity index (χ2n) is 5.21. The van der Waals surface area contributed by atoms with Gasteiger partial charge in [0.15, 0.2) is 5.75 Å². The summed E-state index contributed by atoms with van der Waals surface area (Å²) >= 11 is 0. The SMILES string of the molecule is COc1cnc(C)cc1N1CCC(C)C(CN)C1. The Morgan fingerprint density at radius 2 is 2.33 bits per heavy atom. The van der Waals surface area contributed by atoms with E-state index in [1.807, 2.05) is 6.92 Å². The minimum Gasteiger partial charge on any atom is -0.493 e. The van der Waals surface area contributed by atoms with Gasteiger partial charge in [0.25, 0.3) is 0 Å². The van der Waals surface area contributed by atoms with Gasteiger partial charge in [-0.3, -0.25) is 4.98 Å². The Morgan fingerprint density at radius 3 is 3.00 bits per heavy atom. The Kier molecular flexibility index (Phi) is 4.07. The molecule has 1 aromatic heterocycles. The summed E-state index contributed by atoms with van der Waals surface area (Å²) in [5, 5.41) is 0. The van der Waals surface area contributed by atoms with Crippen molar-refractivity contribution in [1.82, 2.24) is 4.98 Å². The molecule has 18 heavy (non-hydrogen) atoms. The highest BCUT2D eigenvalue weighted by Crippen LogP contribution is 2.33. The highest BCUT2D eigenvalue weighted by Gasteiger charge is 2.26. The minimum atomic E-state index is 0.567. The lowest BCUT2D eigenvalue weighted by atomic mass is 9.87. The van der Waals surface area contributed by atoms with E-state index in [1.165, 1.54) is 6.42 Å². The predicted octanol–water partition coefficient (Wildman–Crippen LogP) is 1.82. The number of rotatable bonds is 3. The van der Waals surface area contributed by atoms with E-state index in [0.717, 1.165) is 36.8 Å². The third kappa shape index (κ3) is 2.58. The molecule has 0 amide bonds. The van der Waals surface area contributed by atoms with E-state index in [1.54, 1.807) is 13.3 Å². The van der Waals surface area contributed by atoms with Crippen molar-refractivity contribution in [2.75, 3.05) is 31.6 Å². The van der Waals surface area contributed by atoms with Gasteiger partial charge in [0.1, 0.15) is 0 Å². The Balaban J connectivity index is 2.23. The molecule has 2 atom stereocenters. The van der Waals surface area contributed by atoms with Crippen LogP contribution in [0, 0.1) is 18.8 Å². The van der Waals surface area contributed by atoms with E-state index in [4.69, 9.17) is 10.5 Å². The summed E-state index contributed by atoms with van der Waals surface area (Å²) in [7, 11) is 1.70. The number of hydrogen-bond donors (Lipinski definition) is 1. The summed E-state index contributed by atoms with van der Waals surface area (Å²) in [5.41, 5.74) is 8.03. The average molecular weight is 249 g/mol. The number of piperidine rings is 1. The van der Waals surface area contributed by atoms with E-state index in [0.29, 0.717) is 11.8 Å². The largest absolute Gasteiger partial charge is 0.493 e. The van der Waals surface area contributed by atoms with Crippen LogP contribution in [-0.4, -0.2) is 31.7 Å². The highest BCUT2D eigenvalue weighted by molar-refractivity contribution is 5.58. The van der Waals surface area contributed by atoms with Gasteiger partial charge in [-0.15, -0.1) is 0 Å². The molecule has 1 aliphatic heterocycles. The smallest absolute Gasteiger partial charge is 0.160 e. The normalized spacial score (nSPS) is 24.1. The van der Waals surface area contributed by atoms with Crippen molar-refractivity contribution in [2.45, 2.75) is 20.3 Å². The van der Waals surface area contributed by atoms with Gasteiger partial charge in [0.2, 0.25) is 0 Å². The summed E-state index contributed by atoms with van der Waals surface area (Å²) in [6, 6.07) is 2.10. The van der Waals surface area contributed by atoms with Crippen molar-refractivity contribution in [1.29, 1.82) is 0 Å². The molecular formula is C14H23N3O. The summed E-state index contributed by atoms with van der Waals surface area (Å²) in [6.45, 7) is 7.14. The number of nitrogens with two attached hydrogens (primary N) is 1.